The predicted molar refractivity (Wildman–Crippen MR) is 67.6 cm³/mol. The van der Waals surface area contributed by atoms with Gasteiger partial charge in [0.05, 0.1) is 0 Å². The highest BCUT2D eigenvalue weighted by atomic mass is 16.5. The molecule has 0 saturated heterocycles. The first kappa shape index (κ1) is 10.6. The van der Waals surface area contributed by atoms with Crippen LogP contribution in [0.15, 0.2) is 40.9 Å². The van der Waals surface area contributed by atoms with Gasteiger partial charge in [0.2, 0.25) is 0 Å². The molecule has 0 amide bonds. The lowest BCUT2D eigenvalue weighted by Gasteiger charge is -1.97. The summed E-state index contributed by atoms with van der Waals surface area (Å²) in [6, 6.07) is 12.3. The first-order valence-corrected chi connectivity index (χ1v) is 6.13. The lowest BCUT2D eigenvalue weighted by atomic mass is 10.1. The molecule has 1 aromatic heterocycles. The van der Waals surface area contributed by atoms with E-state index < -0.39 is 0 Å². The summed E-state index contributed by atoms with van der Waals surface area (Å²) in [4.78, 5) is 0. The second-order valence-corrected chi connectivity index (χ2v) is 5.57. The molecule has 17 heavy (non-hydrogen) atoms. The van der Waals surface area contributed by atoms with Gasteiger partial charge in [0.25, 0.3) is 0 Å². The molecular formula is C15H17NO. The Labute approximate surface area is 102 Å². The molecule has 2 atom stereocenters. The van der Waals surface area contributed by atoms with Gasteiger partial charge < -0.3 is 4.52 Å². The van der Waals surface area contributed by atoms with Crippen molar-refractivity contribution in [2.24, 2.45) is 11.3 Å². The van der Waals surface area contributed by atoms with E-state index in [9.17, 15) is 0 Å². The summed E-state index contributed by atoms with van der Waals surface area (Å²) >= 11 is 0. The van der Waals surface area contributed by atoms with Crippen molar-refractivity contribution in [1.29, 1.82) is 0 Å². The zero-order chi connectivity index (χ0) is 12.0. The van der Waals surface area contributed by atoms with Crippen molar-refractivity contribution in [3.05, 3.63) is 42.2 Å². The highest BCUT2D eigenvalue weighted by Gasteiger charge is 2.57. The van der Waals surface area contributed by atoms with Crippen LogP contribution in [0.1, 0.15) is 32.4 Å². The van der Waals surface area contributed by atoms with Crippen molar-refractivity contribution in [2.75, 3.05) is 0 Å². The van der Waals surface area contributed by atoms with E-state index in [1.807, 2.05) is 18.2 Å². The summed E-state index contributed by atoms with van der Waals surface area (Å²) in [7, 11) is 0. The largest absolute Gasteiger partial charge is 0.360 e. The number of hydrogen-bond acceptors (Lipinski definition) is 2. The monoisotopic (exact) mass is 227 g/mol. The Bertz CT molecular complexity index is 527. The van der Waals surface area contributed by atoms with Crippen LogP contribution in [-0.4, -0.2) is 5.16 Å². The minimum Gasteiger partial charge on any atom is -0.360 e. The van der Waals surface area contributed by atoms with Crippen LogP contribution in [0.25, 0.3) is 11.3 Å². The van der Waals surface area contributed by atoms with Crippen LogP contribution < -0.4 is 0 Å². The van der Waals surface area contributed by atoms with E-state index in [0.717, 1.165) is 17.0 Å². The summed E-state index contributed by atoms with van der Waals surface area (Å²) < 4.78 is 5.50. The van der Waals surface area contributed by atoms with Crippen LogP contribution in [0.3, 0.4) is 0 Å². The maximum Gasteiger partial charge on any atom is 0.141 e. The van der Waals surface area contributed by atoms with Crippen molar-refractivity contribution in [3.63, 3.8) is 0 Å². The third-order valence-corrected chi connectivity index (χ3v) is 4.27. The average Bonchev–Trinajstić information content (AvgIpc) is 2.72. The SMILES string of the molecule is C[C@H]1[C@H](c2cc(-c3ccccc3)no2)C1(C)C. The van der Waals surface area contributed by atoms with Gasteiger partial charge in [-0.25, -0.2) is 0 Å². The molecule has 1 aliphatic rings. The van der Waals surface area contributed by atoms with Crippen LogP contribution in [0.4, 0.5) is 0 Å². The third kappa shape index (κ3) is 1.59. The number of nitrogens with zero attached hydrogens (tertiary/aromatic N) is 1. The van der Waals surface area contributed by atoms with E-state index in [-0.39, 0.29) is 0 Å². The molecule has 1 fully saturated rings. The van der Waals surface area contributed by atoms with Crippen molar-refractivity contribution in [2.45, 2.75) is 26.7 Å². The molecule has 2 nitrogen and oxygen atoms in total. The maximum absolute atomic E-state index is 5.50. The normalized spacial score (nSPS) is 25.8. The third-order valence-electron chi connectivity index (χ3n) is 4.27. The Morgan fingerprint density at radius 2 is 1.82 bits per heavy atom. The van der Waals surface area contributed by atoms with Gasteiger partial charge >= 0.3 is 0 Å². The number of aromatic nitrogens is 1. The van der Waals surface area contributed by atoms with E-state index >= 15 is 0 Å². The molecule has 0 radical (unpaired) electrons. The van der Waals surface area contributed by atoms with Crippen LogP contribution >= 0.6 is 0 Å². The summed E-state index contributed by atoms with van der Waals surface area (Å²) in [5.74, 6) is 2.23. The Morgan fingerprint density at radius 1 is 1.18 bits per heavy atom. The molecule has 3 rings (SSSR count). The molecule has 1 aliphatic carbocycles. The van der Waals surface area contributed by atoms with E-state index in [2.05, 4.69) is 44.1 Å². The van der Waals surface area contributed by atoms with E-state index in [0.29, 0.717) is 17.3 Å². The molecule has 0 spiro atoms. The molecule has 1 saturated carbocycles. The fraction of sp³-hybridized carbons (Fsp3) is 0.400. The molecule has 1 aromatic carbocycles. The van der Waals surface area contributed by atoms with E-state index in [1.54, 1.807) is 0 Å². The lowest BCUT2D eigenvalue weighted by molar-refractivity contribution is 0.375. The van der Waals surface area contributed by atoms with Gasteiger partial charge in [0.15, 0.2) is 0 Å². The van der Waals surface area contributed by atoms with Gasteiger partial charge in [0, 0.05) is 17.5 Å². The van der Waals surface area contributed by atoms with Crippen LogP contribution in [0.5, 0.6) is 0 Å². The zero-order valence-corrected chi connectivity index (χ0v) is 10.5. The smallest absolute Gasteiger partial charge is 0.141 e. The standard InChI is InChI=1S/C15H17NO/c1-10-14(15(10,2)3)13-9-12(16-17-13)11-7-5-4-6-8-11/h4-10,14H,1-3H3/t10-,14+/m0/s1. The first-order chi connectivity index (χ1) is 8.10. The quantitative estimate of drug-likeness (QED) is 0.772. The van der Waals surface area contributed by atoms with E-state index in [1.165, 1.54) is 0 Å². The molecule has 2 aromatic rings. The van der Waals surface area contributed by atoms with Gasteiger partial charge in [0.1, 0.15) is 11.5 Å². The second-order valence-electron chi connectivity index (χ2n) is 5.57. The first-order valence-electron chi connectivity index (χ1n) is 6.13. The van der Waals surface area contributed by atoms with Gasteiger partial charge in [-0.1, -0.05) is 56.3 Å². The predicted octanol–water partition coefficient (Wildman–Crippen LogP) is 4.10. The molecule has 88 valence electrons. The van der Waals surface area contributed by atoms with Gasteiger partial charge in [-0.2, -0.15) is 0 Å². The Morgan fingerprint density at radius 3 is 2.41 bits per heavy atom. The van der Waals surface area contributed by atoms with E-state index in [4.69, 9.17) is 4.52 Å². The molecule has 1 heterocycles. The molecule has 0 unspecified atom stereocenters. The highest BCUT2D eigenvalue weighted by Crippen LogP contribution is 2.64. The topological polar surface area (TPSA) is 26.0 Å². The van der Waals surface area contributed by atoms with Crippen LogP contribution in [-0.2, 0) is 0 Å². The minimum absolute atomic E-state index is 0.355. The van der Waals surface area contributed by atoms with Crippen LogP contribution in [0.2, 0.25) is 0 Å². The molecule has 2 heteroatoms. The summed E-state index contributed by atoms with van der Waals surface area (Å²) in [6.45, 7) is 6.84. The van der Waals surface area contributed by atoms with Crippen molar-refractivity contribution in [3.8, 4) is 11.3 Å². The van der Waals surface area contributed by atoms with Crippen molar-refractivity contribution >= 4 is 0 Å². The maximum atomic E-state index is 5.50. The average molecular weight is 227 g/mol. The Balaban J connectivity index is 1.90. The van der Waals surface area contributed by atoms with Gasteiger partial charge in [-0.15, -0.1) is 0 Å². The highest BCUT2D eigenvalue weighted by molar-refractivity contribution is 5.58. The zero-order valence-electron chi connectivity index (χ0n) is 10.5. The minimum atomic E-state index is 0.355. The number of benzene rings is 1. The molecule has 0 N–H and O–H groups in total. The Hall–Kier alpha value is -1.57. The van der Waals surface area contributed by atoms with Crippen LogP contribution in [0, 0.1) is 11.3 Å². The fourth-order valence-electron chi connectivity index (χ4n) is 2.69. The number of rotatable bonds is 2. The van der Waals surface area contributed by atoms with Crippen molar-refractivity contribution < 1.29 is 4.52 Å². The van der Waals surface area contributed by atoms with Gasteiger partial charge in [-0.3, -0.25) is 0 Å². The molecular weight excluding hydrogens is 210 g/mol. The molecule has 0 aliphatic heterocycles. The summed E-state index contributed by atoms with van der Waals surface area (Å²) in [6.07, 6.45) is 0. The summed E-state index contributed by atoms with van der Waals surface area (Å²) in [5.41, 5.74) is 2.41. The number of hydrogen-bond donors (Lipinski definition) is 0. The van der Waals surface area contributed by atoms with Gasteiger partial charge in [-0.05, 0) is 11.3 Å². The Kier molecular flexibility index (Phi) is 2.15. The second kappa shape index (κ2) is 3.46. The molecule has 0 bridgehead atoms. The van der Waals surface area contributed by atoms with Crippen molar-refractivity contribution in [1.82, 2.24) is 5.16 Å². The summed E-state index contributed by atoms with van der Waals surface area (Å²) in [5, 5.41) is 4.17. The fourth-order valence-corrected chi connectivity index (χ4v) is 2.69. The lowest BCUT2D eigenvalue weighted by Crippen LogP contribution is -1.88.